The first-order valence-electron chi connectivity index (χ1n) is 10.2. The number of hydrogen-bond donors (Lipinski definition) is 1. The molecular formula is C23H30F2N4O. The smallest absolute Gasteiger partial charge is 0.286 e. The van der Waals surface area contributed by atoms with Crippen LogP contribution in [0, 0.1) is 5.92 Å². The van der Waals surface area contributed by atoms with Gasteiger partial charge in [-0.2, -0.15) is 8.78 Å². The molecule has 2 rings (SSSR count). The highest BCUT2D eigenvalue weighted by Crippen LogP contribution is 2.27. The maximum Gasteiger partial charge on any atom is 0.286 e. The summed E-state index contributed by atoms with van der Waals surface area (Å²) in [7, 11) is 0. The van der Waals surface area contributed by atoms with Gasteiger partial charge in [0.2, 0.25) is 5.91 Å². The van der Waals surface area contributed by atoms with Gasteiger partial charge in [0.15, 0.2) is 0 Å². The van der Waals surface area contributed by atoms with Crippen LogP contribution in [-0.2, 0) is 10.7 Å². The number of nitrogens with one attached hydrogen (secondary N) is 1. The Morgan fingerprint density at radius 3 is 2.60 bits per heavy atom. The lowest BCUT2D eigenvalue weighted by atomic mass is 9.89. The van der Waals surface area contributed by atoms with E-state index in [0.29, 0.717) is 18.8 Å². The van der Waals surface area contributed by atoms with Crippen molar-refractivity contribution < 1.29 is 13.6 Å². The van der Waals surface area contributed by atoms with Crippen LogP contribution in [0.4, 0.5) is 14.5 Å². The van der Waals surface area contributed by atoms with Crippen LogP contribution in [0.1, 0.15) is 45.7 Å². The normalized spacial score (nSPS) is 16.8. The lowest BCUT2D eigenvalue weighted by molar-refractivity contribution is -0.127. The van der Waals surface area contributed by atoms with Gasteiger partial charge in [-0.3, -0.25) is 14.8 Å². The number of amides is 1. The van der Waals surface area contributed by atoms with Crippen molar-refractivity contribution in [1.82, 2.24) is 9.88 Å². The number of hydrogen-bond acceptors (Lipinski definition) is 4. The number of halogens is 2. The predicted octanol–water partition coefficient (Wildman–Crippen LogP) is 5.30. The monoisotopic (exact) mass is 416 g/mol. The van der Waals surface area contributed by atoms with Crippen molar-refractivity contribution in [2.24, 2.45) is 10.9 Å². The minimum Gasteiger partial charge on any atom is -0.353 e. The molecule has 30 heavy (non-hydrogen) atoms. The molecule has 0 spiro atoms. The molecule has 1 amide bonds. The molecule has 7 heteroatoms. The Morgan fingerprint density at radius 2 is 2.10 bits per heavy atom. The van der Waals surface area contributed by atoms with Crippen LogP contribution in [0.2, 0.25) is 0 Å². The molecule has 1 N–H and O–H groups in total. The third-order valence-corrected chi connectivity index (χ3v) is 4.91. The molecule has 0 atom stereocenters. The molecule has 1 aliphatic heterocycles. The van der Waals surface area contributed by atoms with Crippen molar-refractivity contribution in [3.63, 3.8) is 0 Å². The Bertz CT molecular complexity index is 815. The second-order valence-corrected chi connectivity index (χ2v) is 7.27. The van der Waals surface area contributed by atoms with Crippen LogP contribution in [0.5, 0.6) is 0 Å². The van der Waals surface area contributed by atoms with E-state index in [9.17, 15) is 13.6 Å². The number of nitrogens with zero attached hydrogens (tertiary/aromatic N) is 3. The van der Waals surface area contributed by atoms with E-state index in [1.165, 1.54) is 18.3 Å². The number of alkyl halides is 2. The van der Waals surface area contributed by atoms with Crippen LogP contribution in [-0.4, -0.2) is 34.6 Å². The number of aliphatic imine (C=N–C) groups is 1. The maximum absolute atomic E-state index is 13.4. The van der Waals surface area contributed by atoms with Gasteiger partial charge in [0.25, 0.3) is 5.92 Å². The molecule has 1 aromatic rings. The zero-order valence-electron chi connectivity index (χ0n) is 17.9. The number of anilines is 1. The molecule has 1 aliphatic rings. The molecule has 5 nitrogen and oxygen atoms in total. The molecule has 0 bridgehead atoms. The number of carbonyl (C=O) groups excluding carboxylic acids is 1. The van der Waals surface area contributed by atoms with Gasteiger partial charge < -0.3 is 10.2 Å². The fourth-order valence-electron chi connectivity index (χ4n) is 3.36. The Balaban J connectivity index is 2.23. The average molecular weight is 417 g/mol. The quantitative estimate of drug-likeness (QED) is 0.462. The summed E-state index contributed by atoms with van der Waals surface area (Å²) >= 11 is 0. The standard InChI is InChI=1S/C23H30F2N4O/c1-5-8-19(28-18-9-10-20(27-16-18)23(4,24)25)22(26-13-6-2)17-11-14-29(15-12-17)21(30)7-3/h6-10,13,16-17,28H,3,5,11-12,14-15H2,1-2,4H3/b13-6-,19-8-,26-22+. The van der Waals surface area contributed by atoms with Crippen molar-refractivity contribution in [1.29, 1.82) is 0 Å². The summed E-state index contributed by atoms with van der Waals surface area (Å²) in [5.41, 5.74) is 2.08. The number of allylic oxidation sites excluding steroid dienone is 3. The van der Waals surface area contributed by atoms with Crippen LogP contribution >= 0.6 is 0 Å². The molecule has 0 unspecified atom stereocenters. The predicted molar refractivity (Wildman–Crippen MR) is 118 cm³/mol. The summed E-state index contributed by atoms with van der Waals surface area (Å²) in [5.74, 6) is -2.86. The molecular weight excluding hydrogens is 386 g/mol. The van der Waals surface area contributed by atoms with E-state index in [2.05, 4.69) is 21.9 Å². The van der Waals surface area contributed by atoms with Gasteiger partial charge >= 0.3 is 0 Å². The van der Waals surface area contributed by atoms with Crippen molar-refractivity contribution in [3.05, 3.63) is 60.7 Å². The Morgan fingerprint density at radius 1 is 1.40 bits per heavy atom. The van der Waals surface area contributed by atoms with Crippen LogP contribution in [0.15, 0.2) is 60.0 Å². The Kier molecular flexibility index (Phi) is 8.45. The second-order valence-electron chi connectivity index (χ2n) is 7.27. The molecule has 162 valence electrons. The second kappa shape index (κ2) is 10.8. The zero-order valence-corrected chi connectivity index (χ0v) is 17.9. The first kappa shape index (κ1) is 23.4. The largest absolute Gasteiger partial charge is 0.353 e. The molecule has 1 saturated heterocycles. The van der Waals surface area contributed by atoms with E-state index in [1.807, 2.05) is 26.0 Å². The summed E-state index contributed by atoms with van der Waals surface area (Å²) in [5, 5.41) is 3.30. The topological polar surface area (TPSA) is 57.6 Å². The lowest BCUT2D eigenvalue weighted by Crippen LogP contribution is -2.40. The van der Waals surface area contributed by atoms with Crippen LogP contribution in [0.3, 0.4) is 0 Å². The number of pyridine rings is 1. The highest BCUT2D eigenvalue weighted by Gasteiger charge is 2.28. The molecule has 2 heterocycles. The summed E-state index contributed by atoms with van der Waals surface area (Å²) in [6.45, 7) is 9.60. The number of piperidine rings is 1. The molecule has 1 aromatic heterocycles. The average Bonchev–Trinajstić information content (AvgIpc) is 2.73. The van der Waals surface area contributed by atoms with Crippen LogP contribution < -0.4 is 5.32 Å². The van der Waals surface area contributed by atoms with Crippen molar-refractivity contribution in [2.45, 2.75) is 46.0 Å². The zero-order chi connectivity index (χ0) is 22.1. The van der Waals surface area contributed by atoms with Crippen molar-refractivity contribution in [2.75, 3.05) is 18.4 Å². The fourth-order valence-corrected chi connectivity index (χ4v) is 3.36. The number of aromatic nitrogens is 1. The van der Waals surface area contributed by atoms with Crippen molar-refractivity contribution in [3.8, 4) is 0 Å². The van der Waals surface area contributed by atoms with Gasteiger partial charge in [-0.1, -0.05) is 25.7 Å². The molecule has 0 saturated carbocycles. The third-order valence-electron chi connectivity index (χ3n) is 4.91. The number of carbonyl (C=O) groups is 1. The number of rotatable bonds is 8. The molecule has 0 aromatic carbocycles. The van der Waals surface area contributed by atoms with Gasteiger partial charge in [-0.25, -0.2) is 0 Å². The fraction of sp³-hybridized carbons (Fsp3) is 0.435. The van der Waals surface area contributed by atoms with Crippen molar-refractivity contribution >= 4 is 17.3 Å². The van der Waals surface area contributed by atoms with E-state index in [0.717, 1.165) is 37.6 Å². The highest BCUT2D eigenvalue weighted by molar-refractivity contribution is 6.04. The molecule has 1 fully saturated rings. The molecule has 0 radical (unpaired) electrons. The first-order valence-corrected chi connectivity index (χ1v) is 10.2. The van der Waals surface area contributed by atoms with E-state index < -0.39 is 5.92 Å². The summed E-state index contributed by atoms with van der Waals surface area (Å²) < 4.78 is 26.9. The highest BCUT2D eigenvalue weighted by atomic mass is 19.3. The van der Waals surface area contributed by atoms with E-state index >= 15 is 0 Å². The van der Waals surface area contributed by atoms with E-state index in [1.54, 1.807) is 17.2 Å². The van der Waals surface area contributed by atoms with Gasteiger partial charge in [0.05, 0.1) is 23.3 Å². The third kappa shape index (κ3) is 6.34. The Labute approximate surface area is 177 Å². The summed E-state index contributed by atoms with van der Waals surface area (Å²) in [4.78, 5) is 22.2. The molecule has 0 aliphatic carbocycles. The maximum atomic E-state index is 13.4. The Hall–Kier alpha value is -2.83. The van der Waals surface area contributed by atoms with Gasteiger partial charge in [0, 0.05) is 32.1 Å². The summed E-state index contributed by atoms with van der Waals surface area (Å²) in [6.07, 6.45) is 10.8. The van der Waals surface area contributed by atoms with Gasteiger partial charge in [-0.15, -0.1) is 0 Å². The minimum absolute atomic E-state index is 0.0540. The lowest BCUT2D eigenvalue weighted by Gasteiger charge is -2.32. The SMILES string of the molecule is C=CC(=O)N1CCC(C(=N\C=C/C)/C(=C/CC)Nc2ccc(C(C)(F)F)nc2)CC1. The van der Waals surface area contributed by atoms with Gasteiger partial charge in [-0.05, 0) is 44.4 Å². The number of likely N-dealkylation sites (tertiary alicyclic amines) is 1. The first-order chi connectivity index (χ1) is 14.3. The summed E-state index contributed by atoms with van der Waals surface area (Å²) in [6, 6.07) is 2.93. The van der Waals surface area contributed by atoms with E-state index in [4.69, 9.17) is 0 Å². The van der Waals surface area contributed by atoms with Crippen LogP contribution in [0.25, 0.3) is 0 Å². The van der Waals surface area contributed by atoms with E-state index in [-0.39, 0.29) is 17.5 Å². The van der Waals surface area contributed by atoms with Gasteiger partial charge in [0.1, 0.15) is 5.69 Å². The minimum atomic E-state index is -2.98.